The maximum absolute atomic E-state index is 4.24. The van der Waals surface area contributed by atoms with E-state index in [1.807, 2.05) is 23.1 Å². The highest BCUT2D eigenvalue weighted by atomic mass is 15.3. The van der Waals surface area contributed by atoms with Crippen LogP contribution < -0.4 is 5.32 Å². The Hall–Kier alpha value is -0.830. The molecular formula is C16H29N3. The third-order valence-electron chi connectivity index (χ3n) is 4.53. The molecule has 2 unspecified atom stereocenters. The molecule has 1 aromatic rings. The molecule has 0 spiro atoms. The number of hydrogen-bond acceptors (Lipinski definition) is 2. The van der Waals surface area contributed by atoms with Crippen molar-refractivity contribution in [3.05, 3.63) is 18.5 Å². The van der Waals surface area contributed by atoms with Gasteiger partial charge >= 0.3 is 0 Å². The minimum absolute atomic E-state index is 0.476. The Morgan fingerprint density at radius 2 is 2.05 bits per heavy atom. The van der Waals surface area contributed by atoms with E-state index in [9.17, 15) is 0 Å². The quantitative estimate of drug-likeness (QED) is 0.843. The van der Waals surface area contributed by atoms with Crippen molar-refractivity contribution in [3.63, 3.8) is 0 Å². The summed E-state index contributed by atoms with van der Waals surface area (Å²) in [6.07, 6.45) is 10.7. The molecule has 0 saturated heterocycles. The number of nitrogens with zero attached hydrogens (tertiary/aromatic N) is 2. The van der Waals surface area contributed by atoms with Gasteiger partial charge in [-0.3, -0.25) is 4.68 Å². The van der Waals surface area contributed by atoms with Crippen LogP contribution in [0.5, 0.6) is 0 Å². The first-order valence-electron chi connectivity index (χ1n) is 7.76. The second kappa shape index (κ2) is 6.56. The molecular weight excluding hydrogens is 234 g/mol. The number of aromatic nitrogens is 2. The van der Waals surface area contributed by atoms with E-state index < -0.39 is 0 Å². The number of rotatable bonds is 4. The molecule has 0 amide bonds. The summed E-state index contributed by atoms with van der Waals surface area (Å²) in [5.41, 5.74) is 0.476. The average molecular weight is 263 g/mol. The highest BCUT2D eigenvalue weighted by Crippen LogP contribution is 2.36. The van der Waals surface area contributed by atoms with Gasteiger partial charge in [0.2, 0.25) is 0 Å². The molecule has 1 aliphatic carbocycles. The Morgan fingerprint density at radius 3 is 2.74 bits per heavy atom. The van der Waals surface area contributed by atoms with Crippen molar-refractivity contribution in [1.29, 1.82) is 0 Å². The zero-order valence-corrected chi connectivity index (χ0v) is 12.7. The first-order valence-corrected chi connectivity index (χ1v) is 7.76. The summed E-state index contributed by atoms with van der Waals surface area (Å²) in [4.78, 5) is 0. The summed E-state index contributed by atoms with van der Waals surface area (Å²) in [5.74, 6) is 0.894. The molecule has 2 rings (SSSR count). The van der Waals surface area contributed by atoms with Gasteiger partial charge in [-0.2, -0.15) is 5.10 Å². The SMILES string of the molecule is CC(C)(C)C1CCCC(NCCn2cccn2)CC1. The van der Waals surface area contributed by atoms with Gasteiger partial charge in [-0.1, -0.05) is 27.2 Å². The third kappa shape index (κ3) is 4.64. The van der Waals surface area contributed by atoms with E-state index in [1.165, 1.54) is 32.1 Å². The highest BCUT2D eigenvalue weighted by molar-refractivity contribution is 4.82. The van der Waals surface area contributed by atoms with Crippen LogP contribution in [0.4, 0.5) is 0 Å². The molecule has 0 aromatic carbocycles. The molecule has 0 aliphatic heterocycles. The molecule has 1 aliphatic rings. The van der Waals surface area contributed by atoms with Crippen LogP contribution in [0.25, 0.3) is 0 Å². The number of nitrogens with one attached hydrogen (secondary N) is 1. The summed E-state index contributed by atoms with van der Waals surface area (Å²) in [5, 5.41) is 7.95. The third-order valence-corrected chi connectivity index (χ3v) is 4.53. The lowest BCUT2D eigenvalue weighted by molar-refractivity contribution is 0.213. The summed E-state index contributed by atoms with van der Waals surface area (Å²) >= 11 is 0. The van der Waals surface area contributed by atoms with E-state index in [0.29, 0.717) is 11.5 Å². The van der Waals surface area contributed by atoms with Crippen molar-refractivity contribution in [2.24, 2.45) is 11.3 Å². The Morgan fingerprint density at radius 1 is 1.21 bits per heavy atom. The van der Waals surface area contributed by atoms with E-state index in [0.717, 1.165) is 19.0 Å². The van der Waals surface area contributed by atoms with Crippen LogP contribution >= 0.6 is 0 Å². The Kier molecular flexibility index (Phi) is 5.03. The lowest BCUT2D eigenvalue weighted by atomic mass is 9.76. The first-order chi connectivity index (χ1) is 9.05. The molecule has 0 bridgehead atoms. The fourth-order valence-corrected chi connectivity index (χ4v) is 3.19. The van der Waals surface area contributed by atoms with Crippen LogP contribution in [0.1, 0.15) is 52.9 Å². The van der Waals surface area contributed by atoms with Crippen LogP contribution in [-0.2, 0) is 6.54 Å². The lowest BCUT2D eigenvalue weighted by Crippen LogP contribution is -2.31. The van der Waals surface area contributed by atoms with Crippen LogP contribution in [-0.4, -0.2) is 22.4 Å². The monoisotopic (exact) mass is 263 g/mol. The van der Waals surface area contributed by atoms with E-state index in [-0.39, 0.29) is 0 Å². The predicted molar refractivity (Wildman–Crippen MR) is 80.0 cm³/mol. The van der Waals surface area contributed by atoms with E-state index in [1.54, 1.807) is 0 Å². The van der Waals surface area contributed by atoms with Crippen molar-refractivity contribution < 1.29 is 0 Å². The van der Waals surface area contributed by atoms with Crippen LogP contribution in [0.15, 0.2) is 18.5 Å². The van der Waals surface area contributed by atoms with Gasteiger partial charge in [-0.25, -0.2) is 0 Å². The van der Waals surface area contributed by atoms with Gasteiger partial charge < -0.3 is 5.32 Å². The molecule has 1 heterocycles. The smallest absolute Gasteiger partial charge is 0.0534 e. The average Bonchev–Trinajstić information content (AvgIpc) is 2.72. The molecule has 3 nitrogen and oxygen atoms in total. The van der Waals surface area contributed by atoms with Crippen molar-refractivity contribution >= 4 is 0 Å². The second-order valence-corrected chi connectivity index (χ2v) is 6.99. The van der Waals surface area contributed by atoms with Gasteiger partial charge in [0.15, 0.2) is 0 Å². The van der Waals surface area contributed by atoms with Gasteiger partial charge in [0, 0.05) is 25.0 Å². The molecule has 3 heteroatoms. The maximum atomic E-state index is 4.24. The van der Waals surface area contributed by atoms with Gasteiger partial charge in [0.05, 0.1) is 6.54 Å². The molecule has 1 N–H and O–H groups in total. The van der Waals surface area contributed by atoms with Crippen molar-refractivity contribution in [3.8, 4) is 0 Å². The van der Waals surface area contributed by atoms with Gasteiger partial charge in [-0.05, 0) is 43.1 Å². The van der Waals surface area contributed by atoms with Gasteiger partial charge in [-0.15, -0.1) is 0 Å². The Bertz CT molecular complexity index is 351. The number of hydrogen-bond donors (Lipinski definition) is 1. The predicted octanol–water partition coefficient (Wildman–Crippen LogP) is 3.47. The molecule has 1 saturated carbocycles. The highest BCUT2D eigenvalue weighted by Gasteiger charge is 2.27. The zero-order valence-electron chi connectivity index (χ0n) is 12.7. The molecule has 108 valence electrons. The van der Waals surface area contributed by atoms with Gasteiger partial charge in [0.1, 0.15) is 0 Å². The first kappa shape index (κ1) is 14.6. The molecule has 19 heavy (non-hydrogen) atoms. The standard InChI is InChI=1S/C16H29N3/c1-16(2,3)14-6-4-7-15(9-8-14)17-11-13-19-12-5-10-18-19/h5,10,12,14-15,17H,4,6-9,11,13H2,1-3H3. The molecule has 0 radical (unpaired) electrons. The van der Waals surface area contributed by atoms with Crippen LogP contribution in [0.2, 0.25) is 0 Å². The van der Waals surface area contributed by atoms with E-state index in [4.69, 9.17) is 0 Å². The van der Waals surface area contributed by atoms with E-state index in [2.05, 4.69) is 31.2 Å². The lowest BCUT2D eigenvalue weighted by Gasteiger charge is -2.29. The van der Waals surface area contributed by atoms with Gasteiger partial charge in [0.25, 0.3) is 0 Å². The Labute approximate surface area is 117 Å². The minimum Gasteiger partial charge on any atom is -0.312 e. The topological polar surface area (TPSA) is 29.9 Å². The fraction of sp³-hybridized carbons (Fsp3) is 0.812. The second-order valence-electron chi connectivity index (χ2n) is 6.99. The molecule has 1 fully saturated rings. The minimum atomic E-state index is 0.476. The zero-order chi connectivity index (χ0) is 13.7. The normalized spacial score (nSPS) is 25.2. The van der Waals surface area contributed by atoms with Crippen molar-refractivity contribution in [1.82, 2.24) is 15.1 Å². The van der Waals surface area contributed by atoms with Crippen molar-refractivity contribution in [2.75, 3.05) is 6.54 Å². The van der Waals surface area contributed by atoms with Crippen molar-refractivity contribution in [2.45, 2.75) is 65.5 Å². The summed E-state index contributed by atoms with van der Waals surface area (Å²) in [6, 6.07) is 2.70. The largest absolute Gasteiger partial charge is 0.312 e. The summed E-state index contributed by atoms with van der Waals surface area (Å²) in [6.45, 7) is 9.19. The Balaban J connectivity index is 1.71. The van der Waals surface area contributed by atoms with E-state index >= 15 is 0 Å². The van der Waals surface area contributed by atoms with Crippen LogP contribution in [0, 0.1) is 11.3 Å². The maximum Gasteiger partial charge on any atom is 0.0534 e. The molecule has 2 atom stereocenters. The fourth-order valence-electron chi connectivity index (χ4n) is 3.19. The van der Waals surface area contributed by atoms with Crippen LogP contribution in [0.3, 0.4) is 0 Å². The molecule has 1 aromatic heterocycles. The summed E-state index contributed by atoms with van der Waals surface area (Å²) in [7, 11) is 0. The summed E-state index contributed by atoms with van der Waals surface area (Å²) < 4.78 is 2.00.